The van der Waals surface area contributed by atoms with E-state index in [0.29, 0.717) is 23.4 Å². The third-order valence-electron chi connectivity index (χ3n) is 4.67. The van der Waals surface area contributed by atoms with Crippen LogP contribution in [0.25, 0.3) is 0 Å². The Bertz CT molecular complexity index is 526. The van der Waals surface area contributed by atoms with Gasteiger partial charge in [-0.3, -0.25) is 9.69 Å². The van der Waals surface area contributed by atoms with Gasteiger partial charge in [-0.25, -0.2) is 0 Å². The minimum absolute atomic E-state index is 0.0982. The molecule has 0 aliphatic carbocycles. The van der Waals surface area contributed by atoms with Crippen molar-refractivity contribution in [3.63, 3.8) is 0 Å². The van der Waals surface area contributed by atoms with Gasteiger partial charge in [-0.15, -0.1) is 0 Å². The second-order valence-electron chi connectivity index (χ2n) is 6.33. The Morgan fingerprint density at radius 3 is 2.73 bits per heavy atom. The van der Waals surface area contributed by atoms with Crippen molar-refractivity contribution in [1.29, 1.82) is 0 Å². The van der Waals surface area contributed by atoms with Crippen LogP contribution in [-0.2, 0) is 4.74 Å². The lowest BCUT2D eigenvalue weighted by Crippen LogP contribution is -2.51. The predicted molar refractivity (Wildman–Crippen MR) is 86.8 cm³/mol. The zero-order chi connectivity index (χ0) is 15.5. The van der Waals surface area contributed by atoms with Gasteiger partial charge in [0.2, 0.25) is 0 Å². The van der Waals surface area contributed by atoms with Gasteiger partial charge in [-0.1, -0.05) is 6.07 Å². The Labute approximate surface area is 132 Å². The molecule has 5 heteroatoms. The number of rotatable bonds is 2. The van der Waals surface area contributed by atoms with Gasteiger partial charge < -0.3 is 15.4 Å². The number of ether oxygens (including phenoxy) is 1. The number of nitrogens with zero attached hydrogens (tertiary/aromatic N) is 2. The van der Waals surface area contributed by atoms with E-state index in [1.54, 1.807) is 6.07 Å². The molecule has 2 N–H and O–H groups in total. The first-order valence-corrected chi connectivity index (χ1v) is 8.14. The van der Waals surface area contributed by atoms with Crippen LogP contribution in [0.3, 0.4) is 0 Å². The van der Waals surface area contributed by atoms with Crippen LogP contribution in [0.15, 0.2) is 24.3 Å². The van der Waals surface area contributed by atoms with Crippen molar-refractivity contribution in [2.45, 2.75) is 31.9 Å². The molecule has 1 aromatic rings. The van der Waals surface area contributed by atoms with E-state index in [9.17, 15) is 4.79 Å². The summed E-state index contributed by atoms with van der Waals surface area (Å²) in [5, 5.41) is 0. The molecule has 0 aromatic heterocycles. The predicted octanol–water partition coefficient (Wildman–Crippen LogP) is 1.59. The average molecular weight is 303 g/mol. The first-order valence-electron chi connectivity index (χ1n) is 8.14. The number of amides is 1. The molecule has 2 aliphatic rings. The number of morpholine rings is 1. The van der Waals surface area contributed by atoms with Gasteiger partial charge >= 0.3 is 0 Å². The lowest BCUT2D eigenvalue weighted by molar-refractivity contribution is -0.0423. The molecule has 120 valence electrons. The van der Waals surface area contributed by atoms with E-state index >= 15 is 0 Å². The summed E-state index contributed by atoms with van der Waals surface area (Å²) in [6, 6.07) is 7.83. The summed E-state index contributed by atoms with van der Waals surface area (Å²) < 4.78 is 5.61. The van der Waals surface area contributed by atoms with Crippen molar-refractivity contribution in [1.82, 2.24) is 9.80 Å². The van der Waals surface area contributed by atoms with Crippen LogP contribution < -0.4 is 5.73 Å². The minimum Gasteiger partial charge on any atom is -0.399 e. The zero-order valence-corrected chi connectivity index (χ0v) is 13.2. The SMILES string of the molecule is CC1CN(C2CCN(C(=O)c3cccc(N)c3)CC2)CCO1. The van der Waals surface area contributed by atoms with Gasteiger partial charge in [0.1, 0.15) is 0 Å². The van der Waals surface area contributed by atoms with Crippen molar-refractivity contribution in [3.8, 4) is 0 Å². The van der Waals surface area contributed by atoms with Gasteiger partial charge in [0, 0.05) is 43.5 Å². The lowest BCUT2D eigenvalue weighted by atomic mass is 10.0. The number of carbonyl (C=O) groups excluding carboxylic acids is 1. The molecule has 2 heterocycles. The van der Waals surface area contributed by atoms with E-state index in [4.69, 9.17) is 10.5 Å². The first kappa shape index (κ1) is 15.3. The molecule has 0 bridgehead atoms. The highest BCUT2D eigenvalue weighted by Crippen LogP contribution is 2.21. The van der Waals surface area contributed by atoms with Crippen LogP contribution in [0.1, 0.15) is 30.1 Å². The molecule has 0 spiro atoms. The maximum absolute atomic E-state index is 12.5. The topological polar surface area (TPSA) is 58.8 Å². The molecule has 0 saturated carbocycles. The molecule has 0 radical (unpaired) electrons. The number of nitrogens with two attached hydrogens (primary N) is 1. The van der Waals surface area contributed by atoms with Gasteiger partial charge in [0.05, 0.1) is 12.7 Å². The van der Waals surface area contributed by atoms with Crippen molar-refractivity contribution in [2.24, 2.45) is 0 Å². The fourth-order valence-electron chi connectivity index (χ4n) is 3.47. The molecule has 5 nitrogen and oxygen atoms in total. The Hall–Kier alpha value is -1.59. The molecule has 3 rings (SSSR count). The van der Waals surface area contributed by atoms with Crippen molar-refractivity contribution >= 4 is 11.6 Å². The van der Waals surface area contributed by atoms with Crippen LogP contribution in [0, 0.1) is 0 Å². The van der Waals surface area contributed by atoms with Gasteiger partial charge in [0.15, 0.2) is 0 Å². The molecular weight excluding hydrogens is 278 g/mol. The van der Waals surface area contributed by atoms with Crippen LogP contribution in [0.2, 0.25) is 0 Å². The summed E-state index contributed by atoms with van der Waals surface area (Å²) in [6.07, 6.45) is 2.40. The normalized spacial score (nSPS) is 24.4. The quantitative estimate of drug-likeness (QED) is 0.843. The highest BCUT2D eigenvalue weighted by Gasteiger charge is 2.29. The molecule has 1 amide bonds. The average Bonchev–Trinajstić information content (AvgIpc) is 2.54. The van der Waals surface area contributed by atoms with E-state index in [1.165, 1.54) is 0 Å². The summed E-state index contributed by atoms with van der Waals surface area (Å²) in [5.41, 5.74) is 7.10. The van der Waals surface area contributed by atoms with E-state index in [2.05, 4.69) is 11.8 Å². The number of likely N-dealkylation sites (tertiary alicyclic amines) is 1. The van der Waals surface area contributed by atoms with E-state index in [0.717, 1.165) is 45.6 Å². The van der Waals surface area contributed by atoms with Crippen LogP contribution >= 0.6 is 0 Å². The van der Waals surface area contributed by atoms with Crippen LogP contribution in [0.5, 0.6) is 0 Å². The summed E-state index contributed by atoms with van der Waals surface area (Å²) >= 11 is 0. The summed E-state index contributed by atoms with van der Waals surface area (Å²) in [4.78, 5) is 17.0. The molecule has 2 aliphatic heterocycles. The van der Waals surface area contributed by atoms with Crippen LogP contribution in [-0.4, -0.2) is 60.6 Å². The monoisotopic (exact) mass is 303 g/mol. The zero-order valence-electron chi connectivity index (χ0n) is 13.2. The highest BCUT2D eigenvalue weighted by atomic mass is 16.5. The second kappa shape index (κ2) is 6.67. The third kappa shape index (κ3) is 3.42. The Kier molecular flexibility index (Phi) is 4.64. The summed E-state index contributed by atoms with van der Waals surface area (Å²) in [5.74, 6) is 0.0982. The fourth-order valence-corrected chi connectivity index (χ4v) is 3.47. The second-order valence-corrected chi connectivity index (χ2v) is 6.33. The number of nitrogen functional groups attached to an aromatic ring is 1. The molecule has 2 saturated heterocycles. The standard InChI is InChI=1S/C17H25N3O2/c1-13-12-20(9-10-22-13)16-5-7-19(8-6-16)17(21)14-3-2-4-15(18)11-14/h2-4,11,13,16H,5-10,12,18H2,1H3. The van der Waals surface area contributed by atoms with Crippen LogP contribution in [0.4, 0.5) is 5.69 Å². The number of piperidine rings is 1. The lowest BCUT2D eigenvalue weighted by Gasteiger charge is -2.41. The first-order chi connectivity index (χ1) is 10.6. The maximum atomic E-state index is 12.5. The molecule has 1 aromatic carbocycles. The largest absolute Gasteiger partial charge is 0.399 e. The maximum Gasteiger partial charge on any atom is 0.253 e. The number of carbonyl (C=O) groups is 1. The molecule has 1 unspecified atom stereocenters. The number of hydrogen-bond donors (Lipinski definition) is 1. The summed E-state index contributed by atoms with van der Waals surface area (Å²) in [6.45, 7) is 6.62. The van der Waals surface area contributed by atoms with E-state index < -0.39 is 0 Å². The molecular formula is C17H25N3O2. The van der Waals surface area contributed by atoms with Gasteiger partial charge in [-0.05, 0) is 38.0 Å². The van der Waals surface area contributed by atoms with Gasteiger partial charge in [0.25, 0.3) is 5.91 Å². The Morgan fingerprint density at radius 1 is 1.27 bits per heavy atom. The minimum atomic E-state index is 0.0982. The van der Waals surface area contributed by atoms with Crippen molar-refractivity contribution in [2.75, 3.05) is 38.5 Å². The number of benzene rings is 1. The highest BCUT2D eigenvalue weighted by molar-refractivity contribution is 5.95. The molecule has 22 heavy (non-hydrogen) atoms. The smallest absolute Gasteiger partial charge is 0.253 e. The Morgan fingerprint density at radius 2 is 2.05 bits per heavy atom. The van der Waals surface area contributed by atoms with Gasteiger partial charge in [-0.2, -0.15) is 0 Å². The van der Waals surface area contributed by atoms with E-state index in [1.807, 2.05) is 23.1 Å². The number of anilines is 1. The third-order valence-corrected chi connectivity index (χ3v) is 4.67. The molecule has 2 fully saturated rings. The van der Waals surface area contributed by atoms with E-state index in [-0.39, 0.29) is 5.91 Å². The van der Waals surface area contributed by atoms with Crippen molar-refractivity contribution < 1.29 is 9.53 Å². The fraction of sp³-hybridized carbons (Fsp3) is 0.588. The van der Waals surface area contributed by atoms with Crippen molar-refractivity contribution in [3.05, 3.63) is 29.8 Å². The summed E-state index contributed by atoms with van der Waals surface area (Å²) in [7, 11) is 0. The molecule has 1 atom stereocenters. The number of hydrogen-bond acceptors (Lipinski definition) is 4. The Balaban J connectivity index is 1.56.